The number of fused-ring (bicyclic) bond motifs is 1. The average molecular weight is 352 g/mol. The summed E-state index contributed by atoms with van der Waals surface area (Å²) >= 11 is 5.01. The summed E-state index contributed by atoms with van der Waals surface area (Å²) in [7, 11) is 0. The van der Waals surface area contributed by atoms with Gasteiger partial charge in [-0.3, -0.25) is 4.79 Å². The molecule has 2 heterocycles. The van der Waals surface area contributed by atoms with Gasteiger partial charge in [0.2, 0.25) is 0 Å². The molecule has 6 heteroatoms. The molecule has 0 N–H and O–H groups in total. The second kappa shape index (κ2) is 6.10. The molecule has 0 aliphatic carbocycles. The van der Waals surface area contributed by atoms with Crippen molar-refractivity contribution >= 4 is 34.0 Å². The summed E-state index contributed by atoms with van der Waals surface area (Å²) in [5.41, 5.74) is 0.662. The lowest BCUT2D eigenvalue weighted by atomic mass is 10.2. The first-order valence-electron chi connectivity index (χ1n) is 6.62. The van der Waals surface area contributed by atoms with Gasteiger partial charge in [-0.15, -0.1) is 10.2 Å². The Labute approximate surface area is 130 Å². The van der Waals surface area contributed by atoms with Crippen LogP contribution < -0.4 is 0 Å². The molecule has 1 aromatic carbocycles. The van der Waals surface area contributed by atoms with Gasteiger partial charge in [0.25, 0.3) is 0 Å². The Hall–Kier alpha value is -1.14. The monoisotopic (exact) mass is 351 g/mol. The highest BCUT2D eigenvalue weighted by molar-refractivity contribution is 9.10. The fraction of sp³-hybridized carbons (Fsp3) is 0.357. The van der Waals surface area contributed by atoms with E-state index in [0.29, 0.717) is 5.56 Å². The van der Waals surface area contributed by atoms with Crippen molar-refractivity contribution in [1.29, 1.82) is 0 Å². The minimum absolute atomic E-state index is 0.662. The van der Waals surface area contributed by atoms with Crippen molar-refractivity contribution in [3.8, 4) is 0 Å². The molecule has 0 amide bonds. The van der Waals surface area contributed by atoms with Crippen molar-refractivity contribution < 1.29 is 4.79 Å². The fourth-order valence-corrected chi connectivity index (χ4v) is 3.84. The number of carbonyl (C=O) groups is 1. The molecular weight excluding hydrogens is 338 g/mol. The van der Waals surface area contributed by atoms with Gasteiger partial charge in [-0.2, -0.15) is 0 Å². The van der Waals surface area contributed by atoms with Crippen LogP contribution in [-0.4, -0.2) is 21.1 Å². The third-order valence-electron chi connectivity index (χ3n) is 3.38. The maximum absolute atomic E-state index is 10.8. The van der Waals surface area contributed by atoms with Gasteiger partial charge in [-0.05, 0) is 42.8 Å². The molecule has 20 heavy (non-hydrogen) atoms. The molecule has 1 aliphatic heterocycles. The maximum Gasteiger partial charge on any atom is 0.196 e. The molecule has 104 valence electrons. The minimum atomic E-state index is 0.662. The number of carbonyl (C=O) groups excluding carboxylic acids is 1. The molecule has 3 rings (SSSR count). The topological polar surface area (TPSA) is 47.8 Å². The number of hydrogen-bond donors (Lipinski definition) is 0. The van der Waals surface area contributed by atoms with E-state index in [9.17, 15) is 4.79 Å². The number of nitrogens with zero attached hydrogens (tertiary/aromatic N) is 3. The van der Waals surface area contributed by atoms with Gasteiger partial charge < -0.3 is 4.57 Å². The van der Waals surface area contributed by atoms with Gasteiger partial charge in [0, 0.05) is 27.9 Å². The molecule has 0 fully saturated rings. The first-order valence-corrected chi connectivity index (χ1v) is 8.23. The lowest BCUT2D eigenvalue weighted by Crippen LogP contribution is -2.02. The predicted octanol–water partition coefficient (Wildman–Crippen LogP) is 3.73. The largest absolute Gasteiger partial charge is 0.306 e. The molecule has 4 nitrogen and oxygen atoms in total. The molecule has 1 aliphatic rings. The van der Waals surface area contributed by atoms with Gasteiger partial charge >= 0.3 is 0 Å². The number of benzene rings is 1. The van der Waals surface area contributed by atoms with Crippen molar-refractivity contribution in [2.75, 3.05) is 0 Å². The highest BCUT2D eigenvalue weighted by Crippen LogP contribution is 2.31. The normalized spacial score (nSPS) is 14.7. The van der Waals surface area contributed by atoms with Gasteiger partial charge in [0.05, 0.1) is 0 Å². The molecule has 0 saturated carbocycles. The Morgan fingerprint density at radius 2 is 2.15 bits per heavy atom. The smallest absolute Gasteiger partial charge is 0.196 e. The van der Waals surface area contributed by atoms with Crippen molar-refractivity contribution in [1.82, 2.24) is 14.8 Å². The Morgan fingerprint density at radius 3 is 2.95 bits per heavy atom. The van der Waals surface area contributed by atoms with E-state index in [-0.39, 0.29) is 0 Å². The number of hydrogen-bond acceptors (Lipinski definition) is 4. The Balaban J connectivity index is 1.86. The van der Waals surface area contributed by atoms with Gasteiger partial charge in [0.15, 0.2) is 11.4 Å². The Kier molecular flexibility index (Phi) is 4.21. The number of aldehydes is 1. The van der Waals surface area contributed by atoms with Crippen LogP contribution in [0.25, 0.3) is 0 Å². The van der Waals surface area contributed by atoms with Crippen LogP contribution in [0.15, 0.2) is 32.7 Å². The second-order valence-electron chi connectivity index (χ2n) is 4.76. The molecule has 0 spiro atoms. The fourth-order valence-electron chi connectivity index (χ4n) is 2.31. The van der Waals surface area contributed by atoms with Crippen molar-refractivity contribution in [3.63, 3.8) is 0 Å². The quantitative estimate of drug-likeness (QED) is 0.790. The summed E-state index contributed by atoms with van der Waals surface area (Å²) in [4.78, 5) is 11.9. The zero-order chi connectivity index (χ0) is 13.9. The molecule has 1 aromatic heterocycles. The number of aryl methyl sites for hydroxylation is 1. The van der Waals surface area contributed by atoms with Crippen LogP contribution in [0, 0.1) is 0 Å². The summed E-state index contributed by atoms with van der Waals surface area (Å²) in [6, 6.07) is 5.71. The standard InChI is InChI=1S/C14H14BrN3OS/c15-12-8-11(6-5-10(12)9-19)20-14-17-16-13-4-2-1-3-7-18(13)14/h5-6,8-9H,1-4,7H2. The van der Waals surface area contributed by atoms with Crippen LogP contribution >= 0.6 is 27.7 Å². The third-order valence-corrected chi connectivity index (χ3v) is 5.04. The van der Waals surface area contributed by atoms with Crippen LogP contribution in [0.4, 0.5) is 0 Å². The van der Waals surface area contributed by atoms with Crippen LogP contribution in [0.3, 0.4) is 0 Å². The van der Waals surface area contributed by atoms with E-state index >= 15 is 0 Å². The molecule has 0 saturated heterocycles. The van der Waals surface area contributed by atoms with Crippen LogP contribution in [0.1, 0.15) is 35.4 Å². The van der Waals surface area contributed by atoms with Crippen LogP contribution in [-0.2, 0) is 13.0 Å². The summed E-state index contributed by atoms with van der Waals surface area (Å²) < 4.78 is 3.03. The van der Waals surface area contributed by atoms with E-state index in [1.165, 1.54) is 19.3 Å². The minimum Gasteiger partial charge on any atom is -0.306 e. The lowest BCUT2D eigenvalue weighted by molar-refractivity contribution is 0.112. The van der Waals surface area contributed by atoms with E-state index < -0.39 is 0 Å². The first-order chi connectivity index (χ1) is 9.78. The molecule has 0 bridgehead atoms. The third kappa shape index (κ3) is 2.81. The molecular formula is C14H14BrN3OS. The van der Waals surface area contributed by atoms with Crippen LogP contribution in [0.2, 0.25) is 0 Å². The predicted molar refractivity (Wildman–Crippen MR) is 81.2 cm³/mol. The summed E-state index contributed by atoms with van der Waals surface area (Å²) in [6.07, 6.45) is 5.50. The number of aromatic nitrogens is 3. The molecule has 2 aromatic rings. The maximum atomic E-state index is 10.8. The van der Waals surface area contributed by atoms with Crippen LogP contribution in [0.5, 0.6) is 0 Å². The van der Waals surface area contributed by atoms with Gasteiger partial charge in [0.1, 0.15) is 5.82 Å². The molecule has 0 radical (unpaired) electrons. The van der Waals surface area contributed by atoms with Gasteiger partial charge in [-0.25, -0.2) is 0 Å². The average Bonchev–Trinajstić information content (AvgIpc) is 2.68. The number of halogens is 1. The Morgan fingerprint density at radius 1 is 1.25 bits per heavy atom. The zero-order valence-electron chi connectivity index (χ0n) is 10.9. The number of rotatable bonds is 3. The van der Waals surface area contributed by atoms with Crippen molar-refractivity contribution in [3.05, 3.63) is 34.1 Å². The van der Waals surface area contributed by atoms with E-state index in [4.69, 9.17) is 0 Å². The van der Waals surface area contributed by atoms with Crippen molar-refractivity contribution in [2.24, 2.45) is 0 Å². The van der Waals surface area contributed by atoms with E-state index in [2.05, 4.69) is 30.7 Å². The zero-order valence-corrected chi connectivity index (χ0v) is 13.3. The molecule has 0 atom stereocenters. The SMILES string of the molecule is O=Cc1ccc(Sc2nnc3n2CCCCC3)cc1Br. The first kappa shape index (κ1) is 13.8. The lowest BCUT2D eigenvalue weighted by Gasteiger charge is -2.07. The Bertz CT molecular complexity index is 641. The summed E-state index contributed by atoms with van der Waals surface area (Å²) in [5.74, 6) is 1.09. The highest BCUT2D eigenvalue weighted by atomic mass is 79.9. The van der Waals surface area contributed by atoms with Gasteiger partial charge in [-0.1, -0.05) is 22.4 Å². The van der Waals surface area contributed by atoms with E-state index in [1.807, 2.05) is 18.2 Å². The summed E-state index contributed by atoms with van der Waals surface area (Å²) in [6.45, 7) is 0.998. The molecule has 0 unspecified atom stereocenters. The van der Waals surface area contributed by atoms with E-state index in [1.54, 1.807) is 11.8 Å². The highest BCUT2D eigenvalue weighted by Gasteiger charge is 2.15. The van der Waals surface area contributed by atoms with Crippen molar-refractivity contribution in [2.45, 2.75) is 42.3 Å². The van der Waals surface area contributed by atoms with E-state index in [0.717, 1.165) is 39.6 Å². The second-order valence-corrected chi connectivity index (χ2v) is 6.66. The summed E-state index contributed by atoms with van der Waals surface area (Å²) in [5, 5.41) is 9.53.